The molecule has 2 aromatic carbocycles. The van der Waals surface area contributed by atoms with Crippen molar-refractivity contribution < 1.29 is 23.9 Å². The molecule has 1 atom stereocenters. The van der Waals surface area contributed by atoms with Crippen LogP contribution >= 0.6 is 0 Å². The third kappa shape index (κ3) is 3.91. The highest BCUT2D eigenvalue weighted by Crippen LogP contribution is 2.29. The number of carbonyl (C=O) groups is 3. The number of amides is 4. The van der Waals surface area contributed by atoms with Crippen molar-refractivity contribution in [2.75, 3.05) is 20.8 Å². The molecule has 1 aromatic heterocycles. The molecule has 0 bridgehead atoms. The van der Waals surface area contributed by atoms with Gasteiger partial charge in [-0.3, -0.25) is 20.0 Å². The Balaban J connectivity index is 1.47. The second kappa shape index (κ2) is 8.49. The number of hydrogen-bond donors (Lipinski definition) is 3. The van der Waals surface area contributed by atoms with Gasteiger partial charge in [-0.2, -0.15) is 5.10 Å². The first-order valence-corrected chi connectivity index (χ1v) is 10.6. The number of H-pyrrole nitrogens is 1. The van der Waals surface area contributed by atoms with E-state index < -0.39 is 17.5 Å². The van der Waals surface area contributed by atoms with Gasteiger partial charge in [0.05, 0.1) is 26.3 Å². The van der Waals surface area contributed by atoms with Gasteiger partial charge in [-0.1, -0.05) is 17.9 Å². The number of carbonyl (C=O) groups excluding carboxylic acids is 3. The monoisotopic (exact) mass is 472 g/mol. The molecule has 35 heavy (non-hydrogen) atoms. The van der Waals surface area contributed by atoms with Crippen LogP contribution in [0.15, 0.2) is 42.7 Å². The predicted octanol–water partition coefficient (Wildman–Crippen LogP) is 1.07. The highest BCUT2D eigenvalue weighted by molar-refractivity contribution is 6.10. The lowest BCUT2D eigenvalue weighted by atomic mass is 9.98. The van der Waals surface area contributed by atoms with Crippen molar-refractivity contribution in [2.45, 2.75) is 12.1 Å². The van der Waals surface area contributed by atoms with Crippen LogP contribution in [0.1, 0.15) is 21.5 Å². The molecule has 4 amide bonds. The van der Waals surface area contributed by atoms with E-state index in [4.69, 9.17) is 9.47 Å². The van der Waals surface area contributed by atoms with Gasteiger partial charge in [-0.25, -0.2) is 9.78 Å². The summed E-state index contributed by atoms with van der Waals surface area (Å²) in [7, 11) is 3.02. The summed E-state index contributed by atoms with van der Waals surface area (Å²) in [6.45, 7) is 0.145. The van der Waals surface area contributed by atoms with Gasteiger partial charge in [0.2, 0.25) is 5.54 Å². The fourth-order valence-corrected chi connectivity index (χ4v) is 4.07. The number of ether oxygens (including phenoxy) is 2. The molecule has 0 saturated carbocycles. The Morgan fingerprint density at radius 3 is 2.66 bits per heavy atom. The SMILES string of the molecule is COc1ccc2c(c1)C(=O)N(C[C@@]1(C#Cc3ccc(-c4ncn[nH]4)cc3OC)NC(=O)NC1=O)C2. The molecule has 3 N–H and O–H groups in total. The van der Waals surface area contributed by atoms with Crippen molar-refractivity contribution in [3.8, 4) is 34.7 Å². The van der Waals surface area contributed by atoms with E-state index in [1.807, 2.05) is 0 Å². The van der Waals surface area contributed by atoms with Crippen molar-refractivity contribution in [2.24, 2.45) is 0 Å². The van der Waals surface area contributed by atoms with Crippen LogP contribution in [-0.4, -0.2) is 64.2 Å². The summed E-state index contributed by atoms with van der Waals surface area (Å²) in [5, 5.41) is 11.4. The number of hydrogen-bond acceptors (Lipinski definition) is 7. The van der Waals surface area contributed by atoms with E-state index in [1.54, 1.807) is 36.4 Å². The summed E-state index contributed by atoms with van der Waals surface area (Å²) >= 11 is 0. The second-order valence-electron chi connectivity index (χ2n) is 8.00. The Hall–Kier alpha value is -4.85. The van der Waals surface area contributed by atoms with E-state index in [-0.39, 0.29) is 19.0 Å². The Kier molecular flexibility index (Phi) is 5.33. The third-order valence-electron chi connectivity index (χ3n) is 5.87. The van der Waals surface area contributed by atoms with Crippen molar-refractivity contribution in [3.63, 3.8) is 0 Å². The Labute approximate surface area is 199 Å². The summed E-state index contributed by atoms with van der Waals surface area (Å²) in [5.74, 6) is 6.49. The summed E-state index contributed by atoms with van der Waals surface area (Å²) < 4.78 is 10.7. The van der Waals surface area contributed by atoms with Crippen LogP contribution in [0.3, 0.4) is 0 Å². The second-order valence-corrected chi connectivity index (χ2v) is 8.00. The van der Waals surface area contributed by atoms with Crippen LogP contribution in [0.5, 0.6) is 11.5 Å². The molecule has 3 heterocycles. The van der Waals surface area contributed by atoms with Gasteiger partial charge in [-0.15, -0.1) is 0 Å². The minimum atomic E-state index is -1.63. The first-order chi connectivity index (χ1) is 16.9. The third-order valence-corrected chi connectivity index (χ3v) is 5.87. The van der Waals surface area contributed by atoms with Crippen LogP contribution in [0.2, 0.25) is 0 Å². The van der Waals surface area contributed by atoms with Crippen molar-refractivity contribution in [3.05, 3.63) is 59.4 Å². The van der Waals surface area contributed by atoms with Crippen LogP contribution in [0, 0.1) is 11.8 Å². The number of nitrogens with one attached hydrogen (secondary N) is 3. The Morgan fingerprint density at radius 1 is 1.11 bits per heavy atom. The highest BCUT2D eigenvalue weighted by atomic mass is 16.5. The van der Waals surface area contributed by atoms with E-state index >= 15 is 0 Å². The number of fused-ring (bicyclic) bond motifs is 1. The molecule has 0 unspecified atom stereocenters. The number of urea groups is 1. The van der Waals surface area contributed by atoms with Crippen LogP contribution in [0.4, 0.5) is 4.79 Å². The largest absolute Gasteiger partial charge is 0.497 e. The zero-order valence-electron chi connectivity index (χ0n) is 18.8. The van der Waals surface area contributed by atoms with E-state index in [1.165, 1.54) is 25.4 Å². The van der Waals surface area contributed by atoms with Gasteiger partial charge < -0.3 is 19.7 Å². The van der Waals surface area contributed by atoms with Crippen molar-refractivity contribution in [1.29, 1.82) is 0 Å². The average Bonchev–Trinajstić information content (AvgIpc) is 3.57. The van der Waals surface area contributed by atoms with Gasteiger partial charge in [-0.05, 0) is 35.9 Å². The van der Waals surface area contributed by atoms with Crippen molar-refractivity contribution >= 4 is 17.8 Å². The minimum absolute atomic E-state index is 0.133. The molecule has 5 rings (SSSR count). The van der Waals surface area contributed by atoms with Gasteiger partial charge in [0.15, 0.2) is 5.82 Å². The van der Waals surface area contributed by atoms with Gasteiger partial charge in [0.1, 0.15) is 17.8 Å². The molecule has 0 radical (unpaired) electrons. The minimum Gasteiger partial charge on any atom is -0.497 e. The Morgan fingerprint density at radius 2 is 1.97 bits per heavy atom. The molecule has 0 aliphatic carbocycles. The molecular formula is C24H20N6O5. The van der Waals surface area contributed by atoms with Gasteiger partial charge in [0.25, 0.3) is 11.8 Å². The van der Waals surface area contributed by atoms with Gasteiger partial charge >= 0.3 is 6.03 Å². The molecule has 2 aliphatic rings. The number of aromatic nitrogens is 3. The quantitative estimate of drug-likeness (QED) is 0.373. The molecule has 176 valence electrons. The lowest BCUT2D eigenvalue weighted by molar-refractivity contribution is -0.122. The highest BCUT2D eigenvalue weighted by Gasteiger charge is 2.48. The average molecular weight is 472 g/mol. The zero-order chi connectivity index (χ0) is 24.6. The number of methoxy groups -OCH3 is 2. The van der Waals surface area contributed by atoms with E-state index in [0.717, 1.165) is 11.1 Å². The van der Waals surface area contributed by atoms with Crippen LogP contribution in [0.25, 0.3) is 11.4 Å². The number of imide groups is 1. The Bertz CT molecular complexity index is 1410. The number of rotatable bonds is 5. The number of nitrogens with zero attached hydrogens (tertiary/aromatic N) is 3. The van der Waals surface area contributed by atoms with E-state index in [0.29, 0.717) is 28.5 Å². The molecule has 1 fully saturated rings. The lowest BCUT2D eigenvalue weighted by Crippen LogP contribution is -2.54. The molecule has 2 aliphatic heterocycles. The molecule has 11 heteroatoms. The van der Waals surface area contributed by atoms with Crippen LogP contribution < -0.4 is 20.1 Å². The first kappa shape index (κ1) is 22.0. The zero-order valence-corrected chi connectivity index (χ0v) is 18.8. The van der Waals surface area contributed by atoms with Gasteiger partial charge in [0, 0.05) is 17.7 Å². The maximum absolute atomic E-state index is 13.1. The van der Waals surface area contributed by atoms with E-state index in [2.05, 4.69) is 37.7 Å². The molecule has 11 nitrogen and oxygen atoms in total. The maximum Gasteiger partial charge on any atom is 0.323 e. The fourth-order valence-electron chi connectivity index (χ4n) is 4.07. The first-order valence-electron chi connectivity index (χ1n) is 10.6. The fraction of sp³-hybridized carbons (Fsp3) is 0.208. The summed E-state index contributed by atoms with van der Waals surface area (Å²) in [5.41, 5.74) is 0.885. The maximum atomic E-state index is 13.1. The predicted molar refractivity (Wildman–Crippen MR) is 122 cm³/mol. The standard InChI is InChI=1S/C24H20N6O5/c1-34-17-6-5-16-11-30(21(31)18(16)10-17)12-24(22(32)27-23(33)28-24)8-7-14-3-4-15(9-19(14)35-2)20-25-13-26-29-20/h3-6,9-10,13H,11-12H2,1-2H3,(H,25,26,29)(H2,27,28,32,33)/t24-/m1/s1. The van der Waals surface area contributed by atoms with E-state index in [9.17, 15) is 14.4 Å². The summed E-state index contributed by atoms with van der Waals surface area (Å²) in [6, 6.07) is 9.78. The van der Waals surface area contributed by atoms with Crippen molar-refractivity contribution in [1.82, 2.24) is 30.7 Å². The normalized spacial score (nSPS) is 18.5. The van der Waals surface area contributed by atoms with Crippen LogP contribution in [-0.2, 0) is 11.3 Å². The smallest absolute Gasteiger partial charge is 0.323 e. The molecule has 1 saturated heterocycles. The topological polar surface area (TPSA) is 139 Å². The number of benzene rings is 2. The molecule has 0 spiro atoms. The summed E-state index contributed by atoms with van der Waals surface area (Å²) in [6.07, 6.45) is 1.40. The molecular weight excluding hydrogens is 452 g/mol. The summed E-state index contributed by atoms with van der Waals surface area (Å²) in [4.78, 5) is 43.6. The number of aromatic amines is 1. The lowest BCUT2D eigenvalue weighted by Gasteiger charge is -2.26. The molecule has 3 aromatic rings.